The van der Waals surface area contributed by atoms with Crippen LogP contribution in [0, 0.1) is 13.8 Å². The second-order valence-electron chi connectivity index (χ2n) is 3.52. The summed E-state index contributed by atoms with van der Waals surface area (Å²) in [5, 5.41) is 3.27. The standard InChI is InChI=1S/C10H16BrN3O/c1-6(5-15-4)12-10-9(11)7(2)13-8(3)14-10/h6H,5H2,1-4H3,(H,12,13,14). The zero-order chi connectivity index (χ0) is 11.4. The molecule has 0 aliphatic carbocycles. The van der Waals surface area contributed by atoms with E-state index >= 15 is 0 Å². The van der Waals surface area contributed by atoms with Crippen LogP contribution in [0.3, 0.4) is 0 Å². The van der Waals surface area contributed by atoms with Gasteiger partial charge in [0.15, 0.2) is 0 Å². The minimum Gasteiger partial charge on any atom is -0.383 e. The van der Waals surface area contributed by atoms with Crippen molar-refractivity contribution in [1.82, 2.24) is 9.97 Å². The monoisotopic (exact) mass is 273 g/mol. The molecule has 84 valence electrons. The van der Waals surface area contributed by atoms with Gasteiger partial charge in [-0.3, -0.25) is 0 Å². The number of nitrogens with zero attached hydrogens (tertiary/aromatic N) is 2. The lowest BCUT2D eigenvalue weighted by molar-refractivity contribution is 0.190. The van der Waals surface area contributed by atoms with Gasteiger partial charge in [0.25, 0.3) is 0 Å². The number of rotatable bonds is 4. The Hall–Kier alpha value is -0.680. The molecular weight excluding hydrogens is 258 g/mol. The van der Waals surface area contributed by atoms with Crippen LogP contribution >= 0.6 is 15.9 Å². The maximum atomic E-state index is 5.05. The molecule has 0 saturated heterocycles. The number of ether oxygens (including phenoxy) is 1. The molecule has 4 nitrogen and oxygen atoms in total. The largest absolute Gasteiger partial charge is 0.383 e. The highest BCUT2D eigenvalue weighted by Crippen LogP contribution is 2.23. The number of hydrogen-bond donors (Lipinski definition) is 1. The Labute approximate surface area is 98.6 Å². The molecule has 0 aromatic carbocycles. The average molecular weight is 274 g/mol. The molecule has 0 saturated carbocycles. The molecule has 1 unspecified atom stereocenters. The lowest BCUT2D eigenvalue weighted by atomic mass is 10.3. The first-order valence-corrected chi connectivity index (χ1v) is 5.60. The van der Waals surface area contributed by atoms with Gasteiger partial charge in [0, 0.05) is 13.2 Å². The van der Waals surface area contributed by atoms with Crippen LogP contribution in [0.25, 0.3) is 0 Å². The van der Waals surface area contributed by atoms with Gasteiger partial charge in [-0.25, -0.2) is 9.97 Å². The van der Waals surface area contributed by atoms with Gasteiger partial charge in [0.2, 0.25) is 0 Å². The molecular formula is C10H16BrN3O. The molecule has 1 aromatic rings. The number of aromatic nitrogens is 2. The number of anilines is 1. The lowest BCUT2D eigenvalue weighted by Crippen LogP contribution is -2.22. The summed E-state index contributed by atoms with van der Waals surface area (Å²) in [7, 11) is 1.68. The summed E-state index contributed by atoms with van der Waals surface area (Å²) in [6, 6.07) is 0.222. The molecule has 1 aromatic heterocycles. The Bertz CT molecular complexity index is 344. The van der Waals surface area contributed by atoms with Crippen LogP contribution in [0.15, 0.2) is 4.47 Å². The van der Waals surface area contributed by atoms with Crippen molar-refractivity contribution in [2.45, 2.75) is 26.8 Å². The molecule has 1 N–H and O–H groups in total. The van der Waals surface area contributed by atoms with E-state index in [1.807, 2.05) is 20.8 Å². The minimum absolute atomic E-state index is 0.222. The molecule has 0 aliphatic rings. The molecule has 1 rings (SSSR count). The maximum Gasteiger partial charge on any atom is 0.144 e. The Morgan fingerprint density at radius 2 is 2.07 bits per heavy atom. The molecule has 0 aliphatic heterocycles. The van der Waals surface area contributed by atoms with E-state index in [0.717, 1.165) is 21.8 Å². The van der Waals surface area contributed by atoms with Gasteiger partial charge in [-0.05, 0) is 36.7 Å². The van der Waals surface area contributed by atoms with Crippen molar-refractivity contribution >= 4 is 21.7 Å². The SMILES string of the molecule is COCC(C)Nc1nc(C)nc(C)c1Br. The first-order valence-electron chi connectivity index (χ1n) is 4.80. The fourth-order valence-corrected chi connectivity index (χ4v) is 1.61. The number of nitrogens with one attached hydrogen (secondary N) is 1. The number of halogens is 1. The summed E-state index contributed by atoms with van der Waals surface area (Å²) in [6.07, 6.45) is 0. The number of aryl methyl sites for hydroxylation is 2. The second kappa shape index (κ2) is 5.42. The molecule has 0 amide bonds. The second-order valence-corrected chi connectivity index (χ2v) is 4.31. The highest BCUT2D eigenvalue weighted by atomic mass is 79.9. The smallest absolute Gasteiger partial charge is 0.144 e. The van der Waals surface area contributed by atoms with Gasteiger partial charge in [-0.2, -0.15) is 0 Å². The van der Waals surface area contributed by atoms with Crippen LogP contribution < -0.4 is 5.32 Å². The predicted octanol–water partition coefficient (Wildman–Crippen LogP) is 2.30. The van der Waals surface area contributed by atoms with Crippen LogP contribution in [-0.2, 0) is 4.74 Å². The Kier molecular flexibility index (Phi) is 4.47. The summed E-state index contributed by atoms with van der Waals surface area (Å²) >= 11 is 3.47. The Morgan fingerprint density at radius 1 is 1.40 bits per heavy atom. The molecule has 0 spiro atoms. The quantitative estimate of drug-likeness (QED) is 0.915. The molecule has 1 atom stereocenters. The van der Waals surface area contributed by atoms with Crippen LogP contribution in [0.5, 0.6) is 0 Å². The van der Waals surface area contributed by atoms with E-state index in [0.29, 0.717) is 6.61 Å². The minimum atomic E-state index is 0.222. The predicted molar refractivity (Wildman–Crippen MR) is 64.2 cm³/mol. The normalized spacial score (nSPS) is 12.6. The van der Waals surface area contributed by atoms with E-state index in [9.17, 15) is 0 Å². The average Bonchev–Trinajstić information content (AvgIpc) is 2.13. The summed E-state index contributed by atoms with van der Waals surface area (Å²) < 4.78 is 5.97. The van der Waals surface area contributed by atoms with Crippen molar-refractivity contribution in [3.63, 3.8) is 0 Å². The fourth-order valence-electron chi connectivity index (χ4n) is 1.32. The summed E-state index contributed by atoms with van der Waals surface area (Å²) in [4.78, 5) is 8.59. The van der Waals surface area contributed by atoms with Gasteiger partial charge in [-0.1, -0.05) is 0 Å². The molecule has 0 fully saturated rings. The van der Waals surface area contributed by atoms with Gasteiger partial charge in [0.05, 0.1) is 16.8 Å². The fraction of sp³-hybridized carbons (Fsp3) is 0.600. The van der Waals surface area contributed by atoms with Crippen LogP contribution in [0.1, 0.15) is 18.4 Å². The highest BCUT2D eigenvalue weighted by Gasteiger charge is 2.09. The van der Waals surface area contributed by atoms with E-state index in [-0.39, 0.29) is 6.04 Å². The van der Waals surface area contributed by atoms with E-state index < -0.39 is 0 Å². The van der Waals surface area contributed by atoms with Gasteiger partial charge >= 0.3 is 0 Å². The van der Waals surface area contributed by atoms with E-state index in [2.05, 4.69) is 31.2 Å². The molecule has 5 heteroatoms. The molecule has 0 bridgehead atoms. The van der Waals surface area contributed by atoms with Crippen molar-refractivity contribution < 1.29 is 4.74 Å². The van der Waals surface area contributed by atoms with Gasteiger partial charge in [0.1, 0.15) is 11.6 Å². The van der Waals surface area contributed by atoms with Gasteiger partial charge in [-0.15, -0.1) is 0 Å². The highest BCUT2D eigenvalue weighted by molar-refractivity contribution is 9.10. The van der Waals surface area contributed by atoms with Crippen molar-refractivity contribution in [2.75, 3.05) is 19.0 Å². The Morgan fingerprint density at radius 3 is 2.67 bits per heavy atom. The molecule has 1 heterocycles. The van der Waals surface area contributed by atoms with Crippen LogP contribution in [0.2, 0.25) is 0 Å². The first-order chi connectivity index (χ1) is 7.04. The molecule has 15 heavy (non-hydrogen) atoms. The van der Waals surface area contributed by atoms with E-state index in [4.69, 9.17) is 4.74 Å². The third-order valence-corrected chi connectivity index (χ3v) is 2.88. The number of hydrogen-bond acceptors (Lipinski definition) is 4. The van der Waals surface area contributed by atoms with Gasteiger partial charge < -0.3 is 10.1 Å². The van der Waals surface area contributed by atoms with Crippen molar-refractivity contribution in [1.29, 1.82) is 0 Å². The first kappa shape index (κ1) is 12.4. The molecule has 0 radical (unpaired) electrons. The maximum absolute atomic E-state index is 5.05. The van der Waals surface area contributed by atoms with Crippen molar-refractivity contribution in [2.24, 2.45) is 0 Å². The summed E-state index contributed by atoms with van der Waals surface area (Å²) in [5.74, 6) is 1.59. The third-order valence-electron chi connectivity index (χ3n) is 1.93. The van der Waals surface area contributed by atoms with Crippen molar-refractivity contribution in [3.8, 4) is 0 Å². The summed E-state index contributed by atoms with van der Waals surface area (Å²) in [5.41, 5.74) is 0.939. The topological polar surface area (TPSA) is 47.0 Å². The summed E-state index contributed by atoms with van der Waals surface area (Å²) in [6.45, 7) is 6.52. The van der Waals surface area contributed by atoms with Crippen LogP contribution in [-0.4, -0.2) is 29.7 Å². The lowest BCUT2D eigenvalue weighted by Gasteiger charge is -2.15. The third kappa shape index (κ3) is 3.43. The Balaban J connectivity index is 2.84. The zero-order valence-corrected chi connectivity index (χ0v) is 11.1. The van der Waals surface area contributed by atoms with E-state index in [1.54, 1.807) is 7.11 Å². The van der Waals surface area contributed by atoms with Crippen molar-refractivity contribution in [3.05, 3.63) is 16.0 Å². The van der Waals surface area contributed by atoms with E-state index in [1.165, 1.54) is 0 Å². The zero-order valence-electron chi connectivity index (χ0n) is 9.47. The van der Waals surface area contributed by atoms with Crippen LogP contribution in [0.4, 0.5) is 5.82 Å². The number of methoxy groups -OCH3 is 1.